The van der Waals surface area contributed by atoms with Gasteiger partial charge in [-0.25, -0.2) is 13.4 Å². The van der Waals surface area contributed by atoms with Gasteiger partial charge in [-0.3, -0.25) is 23.9 Å². The number of likely N-dealkylation sites (tertiary alicyclic amines) is 1. The smallest absolute Gasteiger partial charge is 0.496 e. The van der Waals surface area contributed by atoms with E-state index in [1.807, 2.05) is 18.4 Å². The van der Waals surface area contributed by atoms with Crippen LogP contribution in [0.1, 0.15) is 95.7 Å². The highest BCUT2D eigenvalue weighted by Gasteiger charge is 2.45. The number of pyridine rings is 1. The predicted molar refractivity (Wildman–Crippen MR) is 242 cm³/mol. The number of carbonyl (C=O) groups excluding carboxylic acids is 3. The minimum absolute atomic E-state index is 0.00389. The summed E-state index contributed by atoms with van der Waals surface area (Å²) in [5, 5.41) is 5.94. The second kappa shape index (κ2) is 22.0. The first-order valence-corrected chi connectivity index (χ1v) is 23.8. The number of methoxy groups -OCH3 is 1. The van der Waals surface area contributed by atoms with E-state index in [-0.39, 0.29) is 46.6 Å². The van der Waals surface area contributed by atoms with Crippen molar-refractivity contribution in [2.45, 2.75) is 109 Å². The van der Waals surface area contributed by atoms with Crippen LogP contribution in [0.2, 0.25) is 0 Å². The lowest BCUT2D eigenvalue weighted by Crippen LogP contribution is -2.45. The maximum Gasteiger partial charge on any atom is 0.573 e. The van der Waals surface area contributed by atoms with Crippen LogP contribution in [-0.4, -0.2) is 78.9 Å². The third-order valence-electron chi connectivity index (χ3n) is 10.9. The predicted octanol–water partition coefficient (Wildman–Crippen LogP) is 7.93. The number of H-pyrrole nitrogens is 1. The number of amides is 3. The number of aromatic nitrogens is 2. The van der Waals surface area contributed by atoms with Crippen molar-refractivity contribution >= 4 is 55.7 Å². The molecule has 3 aliphatic rings. The Kier molecular flexibility index (Phi) is 17.0. The van der Waals surface area contributed by atoms with Crippen molar-refractivity contribution in [3.63, 3.8) is 0 Å². The monoisotopic (exact) mass is 930 g/mol. The second-order valence-corrected chi connectivity index (χ2v) is 19.1. The Labute approximate surface area is 375 Å². The molecule has 1 aliphatic heterocycles. The number of fused-ring (bicyclic) bond motifs is 1. The summed E-state index contributed by atoms with van der Waals surface area (Å²) in [7, 11) is -1.74. The lowest BCUT2D eigenvalue weighted by Gasteiger charge is -2.22. The number of carbonyl (C=O) groups is 3. The number of aromatic amines is 1. The summed E-state index contributed by atoms with van der Waals surface area (Å²) in [6, 6.07) is 9.79. The Morgan fingerprint density at radius 1 is 1.11 bits per heavy atom. The third-order valence-corrected chi connectivity index (χ3v) is 13.7. The van der Waals surface area contributed by atoms with Gasteiger partial charge in [-0.2, -0.15) is 0 Å². The largest absolute Gasteiger partial charge is 0.573 e. The number of alkyl halides is 3. The van der Waals surface area contributed by atoms with Crippen molar-refractivity contribution in [3.8, 4) is 22.2 Å². The molecule has 1 saturated heterocycles. The van der Waals surface area contributed by atoms with Crippen LogP contribution in [0.15, 0.2) is 64.8 Å². The van der Waals surface area contributed by atoms with Crippen molar-refractivity contribution in [2.24, 2.45) is 17.6 Å². The molecule has 2 saturated carbocycles. The number of anilines is 1. The number of nitrogens with one attached hydrogen (secondary N) is 3. The number of sulfonamides is 1. The van der Waals surface area contributed by atoms with Crippen molar-refractivity contribution in [1.82, 2.24) is 19.6 Å². The third kappa shape index (κ3) is 14.0. The number of aryl methyl sites for hydroxylation is 1. The zero-order valence-corrected chi connectivity index (χ0v) is 38.3. The zero-order valence-electron chi connectivity index (χ0n) is 36.6. The molecule has 0 bridgehead atoms. The number of ether oxygens (including phenoxy) is 2. The van der Waals surface area contributed by atoms with Crippen LogP contribution >= 0.6 is 11.3 Å². The normalized spacial score (nSPS) is 18.2. The molecule has 3 fully saturated rings. The van der Waals surface area contributed by atoms with Gasteiger partial charge in [0.1, 0.15) is 22.5 Å². The molecule has 2 aromatic heterocycles. The molecule has 348 valence electrons. The number of primary amides is 1. The molecule has 0 spiro atoms. The number of thiazole rings is 1. The average molecular weight is 931 g/mol. The highest BCUT2D eigenvalue weighted by atomic mass is 32.2. The molecule has 0 unspecified atom stereocenters. The van der Waals surface area contributed by atoms with Crippen molar-refractivity contribution < 1.29 is 45.4 Å². The Morgan fingerprint density at radius 2 is 1.86 bits per heavy atom. The van der Waals surface area contributed by atoms with E-state index in [0.29, 0.717) is 49.2 Å². The number of halogens is 3. The highest BCUT2D eigenvalue weighted by Crippen LogP contribution is 2.40. The Balaban J connectivity index is 0.000000181. The molecule has 3 amide bonds. The summed E-state index contributed by atoms with van der Waals surface area (Å²) < 4.78 is 71.1. The van der Waals surface area contributed by atoms with Gasteiger partial charge in [0.25, 0.3) is 0 Å². The second-order valence-electron chi connectivity index (χ2n) is 16.3. The van der Waals surface area contributed by atoms with E-state index in [1.165, 1.54) is 36.3 Å². The van der Waals surface area contributed by atoms with Gasteiger partial charge in [-0.15, -0.1) is 24.5 Å². The van der Waals surface area contributed by atoms with Gasteiger partial charge < -0.3 is 30.4 Å². The number of nitrogens with two attached hydrogens (primary N) is 1. The number of benzene rings is 2. The molecule has 7 rings (SSSR count). The lowest BCUT2D eigenvalue weighted by atomic mass is 10.1. The Bertz CT molecular complexity index is 2470. The molecule has 2 aliphatic carbocycles. The van der Waals surface area contributed by atoms with Crippen LogP contribution < -0.4 is 30.7 Å². The first-order valence-electron chi connectivity index (χ1n) is 21.4. The standard InChI is InChI=1S/C17H18N2O2S.C14H16F3N3O3.C14H23NO3S/c1-9(2)13-8-22-17(19-13)12-7-14(20)11-5-6-15(21-4)10(3)16(11)18-12;15-14(16,17)23-10-4-1-3-9(7-10)19-8-12(21)20-6-2-5-11(20)13(18)22;1-2-3-4-5-6-7-11-10-13(11)14(16)15-19(17,18)12-8-9-12/h5-9H,1-4H3,(H,18,20);1,3-4,7,11,19H,2,5-6,8H2,(H2,18,22);6-7,11-13H,2-5,8-10H2,1H3,(H,15,16)/b;;7-6-/t;11-;11-,13+/m.01/s1. The van der Waals surface area contributed by atoms with E-state index >= 15 is 0 Å². The van der Waals surface area contributed by atoms with Crippen LogP contribution in [0.5, 0.6) is 11.5 Å². The molecule has 3 heterocycles. The maximum absolute atomic E-state index is 12.4. The molecule has 14 nitrogen and oxygen atoms in total. The molecular weight excluding hydrogens is 874 g/mol. The van der Waals surface area contributed by atoms with E-state index in [4.69, 9.17) is 10.5 Å². The molecule has 4 aromatic rings. The van der Waals surface area contributed by atoms with Gasteiger partial charge in [0.2, 0.25) is 27.7 Å². The number of hydrogen-bond acceptors (Lipinski definition) is 11. The molecule has 19 heteroatoms. The van der Waals surface area contributed by atoms with E-state index in [1.54, 1.807) is 30.6 Å². The lowest BCUT2D eigenvalue weighted by molar-refractivity contribution is -0.274. The summed E-state index contributed by atoms with van der Waals surface area (Å²) in [6.45, 7) is 8.62. The van der Waals surface area contributed by atoms with Crippen LogP contribution in [0.4, 0.5) is 18.9 Å². The molecular formula is C45H57F3N6O8S2. The number of nitrogens with zero attached hydrogens (tertiary/aromatic N) is 2. The van der Waals surface area contributed by atoms with Crippen LogP contribution in [-0.2, 0) is 24.4 Å². The summed E-state index contributed by atoms with van der Waals surface area (Å²) in [5.74, 6) is -0.334. The number of unbranched alkanes of at least 4 members (excludes halogenated alkanes) is 3. The van der Waals surface area contributed by atoms with Gasteiger partial charge in [0.15, 0.2) is 5.43 Å². The van der Waals surface area contributed by atoms with E-state index in [0.717, 1.165) is 58.2 Å². The van der Waals surface area contributed by atoms with Crippen molar-refractivity contribution in [3.05, 3.63) is 81.5 Å². The summed E-state index contributed by atoms with van der Waals surface area (Å²) in [4.78, 5) is 56.8. The van der Waals surface area contributed by atoms with Crippen molar-refractivity contribution in [1.29, 1.82) is 0 Å². The van der Waals surface area contributed by atoms with Crippen LogP contribution in [0.25, 0.3) is 21.6 Å². The summed E-state index contributed by atoms with van der Waals surface area (Å²) in [5.41, 5.74) is 9.07. The molecule has 2 aromatic carbocycles. The molecule has 3 atom stereocenters. The van der Waals surface area contributed by atoms with Gasteiger partial charge in [0, 0.05) is 46.6 Å². The Hall–Kier alpha value is -5.43. The fourth-order valence-electron chi connectivity index (χ4n) is 7.08. The SMILES string of the molecule is CCCCC/C=C\[C@@H]1C[C@@H]1C(=O)NS(=O)(=O)C1CC1.COc1ccc2c(=O)cc(-c3nc(C(C)C)cs3)[nH]c2c1C.NC(=O)[C@@H]1CCCN1C(=O)CNc1cccc(OC(F)(F)F)c1. The summed E-state index contributed by atoms with van der Waals surface area (Å²) >= 11 is 1.55. The number of allylic oxidation sites excluding steroid dienone is 2. The fourth-order valence-corrected chi connectivity index (χ4v) is 9.39. The van der Waals surface area contributed by atoms with Gasteiger partial charge in [-0.1, -0.05) is 51.8 Å². The fraction of sp³-hybridized carbons (Fsp3) is 0.489. The molecule has 5 N–H and O–H groups in total. The first-order chi connectivity index (χ1) is 30.3. The maximum atomic E-state index is 12.4. The van der Waals surface area contributed by atoms with Gasteiger partial charge >= 0.3 is 6.36 Å². The number of hydrogen-bond donors (Lipinski definition) is 4. The first kappa shape index (κ1) is 49.6. The molecule has 0 radical (unpaired) electrons. The average Bonchev–Trinajstić information content (AvgIpc) is 4.13. The quantitative estimate of drug-likeness (QED) is 0.0631. The minimum atomic E-state index is -4.78. The van der Waals surface area contributed by atoms with Gasteiger partial charge in [-0.05, 0) is 88.0 Å². The van der Waals surface area contributed by atoms with Gasteiger partial charge in [0.05, 0.1) is 35.8 Å². The number of rotatable bonds is 16. The molecule has 64 heavy (non-hydrogen) atoms. The van der Waals surface area contributed by atoms with Crippen molar-refractivity contribution in [2.75, 3.05) is 25.5 Å². The Morgan fingerprint density at radius 3 is 2.50 bits per heavy atom. The van der Waals surface area contributed by atoms with E-state index < -0.39 is 28.3 Å². The topological polar surface area (TPSA) is 203 Å². The van der Waals surface area contributed by atoms with Crippen LogP contribution in [0.3, 0.4) is 0 Å². The van der Waals surface area contributed by atoms with E-state index in [2.05, 4.69) is 57.7 Å². The van der Waals surface area contributed by atoms with Crippen LogP contribution in [0, 0.1) is 18.8 Å². The zero-order chi connectivity index (χ0) is 46.8. The van der Waals surface area contributed by atoms with E-state index in [9.17, 15) is 40.8 Å². The minimum Gasteiger partial charge on any atom is -0.496 e. The summed E-state index contributed by atoms with van der Waals surface area (Å²) in [6.07, 6.45) is 7.49. The highest BCUT2D eigenvalue weighted by molar-refractivity contribution is 7.90.